The maximum atomic E-state index is 12.1. The van der Waals surface area contributed by atoms with Gasteiger partial charge in [-0.2, -0.15) is 0 Å². The summed E-state index contributed by atoms with van der Waals surface area (Å²) in [6.45, 7) is 3.41. The lowest BCUT2D eigenvalue weighted by Gasteiger charge is -2.37. The molecule has 0 amide bonds. The van der Waals surface area contributed by atoms with Gasteiger partial charge in [-0.15, -0.1) is 0 Å². The van der Waals surface area contributed by atoms with Crippen LogP contribution in [0.5, 0.6) is 11.5 Å². The third kappa shape index (κ3) is 3.35. The van der Waals surface area contributed by atoms with Gasteiger partial charge < -0.3 is 14.8 Å². The van der Waals surface area contributed by atoms with Gasteiger partial charge in [0.05, 0.1) is 0 Å². The number of fused-ring (bicyclic) bond motifs is 1. The predicted octanol–water partition coefficient (Wildman–Crippen LogP) is 3.15. The molecule has 1 unspecified atom stereocenters. The van der Waals surface area contributed by atoms with E-state index in [9.17, 15) is 8.78 Å². The van der Waals surface area contributed by atoms with Gasteiger partial charge in [0.1, 0.15) is 23.7 Å². The Balaban J connectivity index is 2.23. The molecule has 1 heterocycles. The Morgan fingerprint density at radius 3 is 2.84 bits per heavy atom. The minimum atomic E-state index is -2.47. The van der Waals surface area contributed by atoms with Crippen LogP contribution in [0, 0.1) is 0 Å². The first-order valence-corrected chi connectivity index (χ1v) is 6.32. The summed E-state index contributed by atoms with van der Waals surface area (Å²) in [7, 11) is 1.90. The molecule has 3 nitrogen and oxygen atoms in total. The SMILES string of the molecule is CNC1CC(C)(C)Oc2cc(OCC(F)F)ccc21. The Morgan fingerprint density at radius 2 is 2.21 bits per heavy atom. The van der Waals surface area contributed by atoms with E-state index in [4.69, 9.17) is 9.47 Å². The number of hydrogen-bond donors (Lipinski definition) is 1. The lowest BCUT2D eigenvalue weighted by Crippen LogP contribution is -2.38. The van der Waals surface area contributed by atoms with E-state index in [-0.39, 0.29) is 11.6 Å². The van der Waals surface area contributed by atoms with Gasteiger partial charge in [0, 0.05) is 24.1 Å². The highest BCUT2D eigenvalue weighted by atomic mass is 19.3. The number of hydrogen-bond acceptors (Lipinski definition) is 3. The molecule has 0 aliphatic carbocycles. The van der Waals surface area contributed by atoms with E-state index in [1.54, 1.807) is 12.1 Å². The molecule has 0 radical (unpaired) electrons. The van der Waals surface area contributed by atoms with E-state index in [0.717, 1.165) is 12.0 Å². The van der Waals surface area contributed by atoms with E-state index < -0.39 is 13.0 Å². The Morgan fingerprint density at radius 1 is 1.47 bits per heavy atom. The van der Waals surface area contributed by atoms with Crippen molar-refractivity contribution < 1.29 is 18.3 Å². The smallest absolute Gasteiger partial charge is 0.272 e. The highest BCUT2D eigenvalue weighted by Crippen LogP contribution is 2.40. The number of benzene rings is 1. The highest BCUT2D eigenvalue weighted by Gasteiger charge is 2.33. The molecule has 1 aromatic rings. The zero-order valence-corrected chi connectivity index (χ0v) is 11.4. The van der Waals surface area contributed by atoms with Gasteiger partial charge in [0.15, 0.2) is 0 Å². The van der Waals surface area contributed by atoms with Crippen molar-refractivity contribution in [2.45, 2.75) is 38.3 Å². The van der Waals surface area contributed by atoms with Gasteiger partial charge in [0.2, 0.25) is 0 Å². The van der Waals surface area contributed by atoms with Crippen molar-refractivity contribution in [1.82, 2.24) is 5.32 Å². The molecule has 1 aromatic carbocycles. The summed E-state index contributed by atoms with van der Waals surface area (Å²) in [4.78, 5) is 0. The van der Waals surface area contributed by atoms with Crippen LogP contribution in [-0.2, 0) is 0 Å². The first-order valence-electron chi connectivity index (χ1n) is 6.32. The molecular weight excluding hydrogens is 252 g/mol. The van der Waals surface area contributed by atoms with Gasteiger partial charge in [-0.05, 0) is 27.0 Å². The molecule has 1 atom stereocenters. The molecule has 0 saturated heterocycles. The summed E-state index contributed by atoms with van der Waals surface area (Å²) in [5.74, 6) is 1.11. The van der Waals surface area contributed by atoms with E-state index in [1.807, 2.05) is 27.0 Å². The lowest BCUT2D eigenvalue weighted by atomic mass is 9.90. The topological polar surface area (TPSA) is 30.5 Å². The number of rotatable bonds is 4. The summed E-state index contributed by atoms with van der Waals surface area (Å²) in [5.41, 5.74) is 0.744. The summed E-state index contributed by atoms with van der Waals surface area (Å²) in [6, 6.07) is 5.45. The molecule has 0 fully saturated rings. The largest absolute Gasteiger partial charge is 0.488 e. The van der Waals surface area contributed by atoms with Crippen LogP contribution in [0.1, 0.15) is 31.9 Å². The van der Waals surface area contributed by atoms with Crippen LogP contribution >= 0.6 is 0 Å². The van der Waals surface area contributed by atoms with Crippen molar-refractivity contribution >= 4 is 0 Å². The summed E-state index contributed by atoms with van der Waals surface area (Å²) in [6.07, 6.45) is -1.62. The second kappa shape index (κ2) is 5.33. The van der Waals surface area contributed by atoms with Crippen molar-refractivity contribution in [3.8, 4) is 11.5 Å². The van der Waals surface area contributed by atoms with Crippen LogP contribution in [0.2, 0.25) is 0 Å². The van der Waals surface area contributed by atoms with Crippen molar-refractivity contribution in [2.24, 2.45) is 0 Å². The molecular formula is C14H19F2NO2. The molecule has 2 rings (SSSR count). The Labute approximate surface area is 111 Å². The van der Waals surface area contributed by atoms with E-state index in [0.29, 0.717) is 11.5 Å². The molecule has 1 N–H and O–H groups in total. The highest BCUT2D eigenvalue weighted by molar-refractivity contribution is 5.44. The first kappa shape index (κ1) is 14.1. The Bertz CT molecular complexity index is 449. The Kier molecular flexibility index (Phi) is 3.94. The monoisotopic (exact) mass is 271 g/mol. The molecule has 0 aromatic heterocycles. The Hall–Kier alpha value is -1.36. The maximum absolute atomic E-state index is 12.1. The van der Waals surface area contributed by atoms with Gasteiger partial charge in [-0.3, -0.25) is 0 Å². The molecule has 1 aliphatic rings. The summed E-state index contributed by atoms with van der Waals surface area (Å²) >= 11 is 0. The molecule has 1 aliphatic heterocycles. The summed E-state index contributed by atoms with van der Waals surface area (Å²) < 4.78 is 35.2. The predicted molar refractivity (Wildman–Crippen MR) is 69.1 cm³/mol. The van der Waals surface area contributed by atoms with Crippen molar-refractivity contribution in [1.29, 1.82) is 0 Å². The van der Waals surface area contributed by atoms with Crippen LogP contribution in [-0.4, -0.2) is 25.7 Å². The van der Waals surface area contributed by atoms with Crippen LogP contribution in [0.3, 0.4) is 0 Å². The summed E-state index contributed by atoms with van der Waals surface area (Å²) in [5, 5.41) is 3.24. The standard InChI is InChI=1S/C14H19F2NO2/c1-14(2)7-11(17-3)10-5-4-9(6-12(10)19-14)18-8-13(15)16/h4-6,11,13,17H,7-8H2,1-3H3. The molecule has 0 saturated carbocycles. The van der Waals surface area contributed by atoms with Gasteiger partial charge in [-0.1, -0.05) is 6.07 Å². The average Bonchev–Trinajstić information content (AvgIpc) is 2.33. The second-order valence-electron chi connectivity index (χ2n) is 5.31. The molecule has 0 bridgehead atoms. The van der Waals surface area contributed by atoms with Crippen LogP contribution in [0.25, 0.3) is 0 Å². The fraction of sp³-hybridized carbons (Fsp3) is 0.571. The van der Waals surface area contributed by atoms with E-state index in [2.05, 4.69) is 5.32 Å². The maximum Gasteiger partial charge on any atom is 0.272 e. The zero-order valence-electron chi connectivity index (χ0n) is 11.4. The first-order chi connectivity index (χ1) is 8.91. The normalized spacial score (nSPS) is 20.8. The third-order valence-electron chi connectivity index (χ3n) is 3.17. The molecule has 19 heavy (non-hydrogen) atoms. The van der Waals surface area contributed by atoms with Crippen LogP contribution in [0.4, 0.5) is 8.78 Å². The number of halogens is 2. The van der Waals surface area contributed by atoms with Crippen molar-refractivity contribution in [3.05, 3.63) is 23.8 Å². The van der Waals surface area contributed by atoms with Gasteiger partial charge in [-0.25, -0.2) is 8.78 Å². The second-order valence-corrected chi connectivity index (χ2v) is 5.31. The minimum absolute atomic E-state index is 0.197. The quantitative estimate of drug-likeness (QED) is 0.912. The number of alkyl halides is 2. The van der Waals surface area contributed by atoms with Crippen LogP contribution in [0.15, 0.2) is 18.2 Å². The number of ether oxygens (including phenoxy) is 2. The van der Waals surface area contributed by atoms with E-state index >= 15 is 0 Å². The molecule has 106 valence electrons. The molecule has 0 spiro atoms. The van der Waals surface area contributed by atoms with E-state index in [1.165, 1.54) is 0 Å². The lowest BCUT2D eigenvalue weighted by molar-refractivity contribution is 0.0649. The van der Waals surface area contributed by atoms with Gasteiger partial charge >= 0.3 is 0 Å². The van der Waals surface area contributed by atoms with Gasteiger partial charge in [0.25, 0.3) is 6.43 Å². The minimum Gasteiger partial charge on any atom is -0.488 e. The molecule has 5 heteroatoms. The fourth-order valence-corrected chi connectivity index (χ4v) is 2.34. The van der Waals surface area contributed by atoms with Crippen molar-refractivity contribution in [3.63, 3.8) is 0 Å². The number of nitrogens with one attached hydrogen (secondary N) is 1. The van der Waals surface area contributed by atoms with Crippen molar-refractivity contribution in [2.75, 3.05) is 13.7 Å². The average molecular weight is 271 g/mol. The van der Waals surface area contributed by atoms with Crippen LogP contribution < -0.4 is 14.8 Å². The fourth-order valence-electron chi connectivity index (χ4n) is 2.34. The zero-order chi connectivity index (χ0) is 14.0. The third-order valence-corrected chi connectivity index (χ3v) is 3.17.